The van der Waals surface area contributed by atoms with E-state index in [0.29, 0.717) is 5.69 Å². The maximum absolute atomic E-state index is 12.3. The first-order valence-corrected chi connectivity index (χ1v) is 10.5. The first-order chi connectivity index (χ1) is 12.2. The van der Waals surface area contributed by atoms with E-state index in [1.54, 1.807) is 13.8 Å². The minimum absolute atomic E-state index is 0.0961. The molecule has 1 fully saturated rings. The van der Waals surface area contributed by atoms with Crippen molar-refractivity contribution >= 4 is 21.4 Å². The summed E-state index contributed by atoms with van der Waals surface area (Å²) in [5.74, 6) is 0. The summed E-state index contributed by atoms with van der Waals surface area (Å²) in [5.41, 5.74) is 0.153. The molecule has 0 spiro atoms. The van der Waals surface area contributed by atoms with Crippen molar-refractivity contribution in [2.75, 3.05) is 25.0 Å². The molecule has 0 saturated carbocycles. The van der Waals surface area contributed by atoms with Crippen molar-refractivity contribution in [1.29, 1.82) is 0 Å². The van der Waals surface area contributed by atoms with Gasteiger partial charge >= 0.3 is 0 Å². The molecule has 0 bridgehead atoms. The highest BCUT2D eigenvalue weighted by Gasteiger charge is 2.25. The zero-order chi connectivity index (χ0) is 19.3. The van der Waals surface area contributed by atoms with Crippen LogP contribution in [0.5, 0.6) is 0 Å². The van der Waals surface area contributed by atoms with Gasteiger partial charge in [-0.25, -0.2) is 13.1 Å². The van der Waals surface area contributed by atoms with Crippen LogP contribution in [-0.2, 0) is 10.0 Å². The summed E-state index contributed by atoms with van der Waals surface area (Å²) in [7, 11) is -3.77. The summed E-state index contributed by atoms with van der Waals surface area (Å²) in [5, 5.41) is 14.7. The quantitative estimate of drug-likeness (QED) is 0.527. The molecule has 0 amide bonds. The van der Waals surface area contributed by atoms with Crippen molar-refractivity contribution in [2.45, 2.75) is 57.0 Å². The van der Waals surface area contributed by atoms with Crippen molar-refractivity contribution in [3.05, 3.63) is 28.3 Å². The van der Waals surface area contributed by atoms with Gasteiger partial charge in [0.05, 0.1) is 9.82 Å². The van der Waals surface area contributed by atoms with Gasteiger partial charge in [0, 0.05) is 31.2 Å². The predicted molar refractivity (Wildman–Crippen MR) is 102 cm³/mol. The molecule has 1 aliphatic rings. The number of likely N-dealkylation sites (tertiary alicyclic amines) is 1. The Balaban J connectivity index is 2.16. The maximum Gasteiger partial charge on any atom is 0.293 e. The minimum atomic E-state index is -3.77. The second-order valence-corrected chi connectivity index (χ2v) is 8.69. The van der Waals surface area contributed by atoms with E-state index in [2.05, 4.69) is 21.9 Å². The van der Waals surface area contributed by atoms with E-state index in [1.165, 1.54) is 12.1 Å². The van der Waals surface area contributed by atoms with Crippen LogP contribution in [0.2, 0.25) is 0 Å². The molecule has 0 atom stereocenters. The number of anilines is 1. The zero-order valence-corrected chi connectivity index (χ0v) is 16.4. The van der Waals surface area contributed by atoms with Crippen molar-refractivity contribution < 1.29 is 13.3 Å². The Hall–Kier alpha value is -1.71. The number of nitro benzene ring substituents is 1. The Kier molecular flexibility index (Phi) is 6.96. The number of hydrogen-bond acceptors (Lipinski definition) is 6. The highest BCUT2D eigenvalue weighted by Crippen LogP contribution is 2.29. The van der Waals surface area contributed by atoms with Gasteiger partial charge in [-0.15, -0.1) is 0 Å². The minimum Gasteiger partial charge on any atom is -0.377 e. The third-order valence-electron chi connectivity index (χ3n) is 4.35. The summed E-state index contributed by atoms with van der Waals surface area (Å²) >= 11 is 0. The lowest BCUT2D eigenvalue weighted by Crippen LogP contribution is -2.39. The largest absolute Gasteiger partial charge is 0.377 e. The molecule has 1 aromatic rings. The number of hydrogen-bond donors (Lipinski definition) is 2. The van der Waals surface area contributed by atoms with Gasteiger partial charge in [-0.2, -0.15) is 0 Å². The molecule has 0 radical (unpaired) electrons. The lowest BCUT2D eigenvalue weighted by Gasteiger charge is -2.32. The van der Waals surface area contributed by atoms with Crippen LogP contribution in [0.15, 0.2) is 23.1 Å². The van der Waals surface area contributed by atoms with Crippen LogP contribution >= 0.6 is 0 Å². The fraction of sp³-hybridized carbons (Fsp3) is 0.647. The number of nitrogens with one attached hydrogen (secondary N) is 2. The molecule has 146 valence electrons. The van der Waals surface area contributed by atoms with E-state index in [4.69, 9.17) is 0 Å². The molecule has 1 aromatic carbocycles. The summed E-state index contributed by atoms with van der Waals surface area (Å²) in [6.07, 6.45) is 2.93. The lowest BCUT2D eigenvalue weighted by molar-refractivity contribution is -0.384. The Morgan fingerprint density at radius 3 is 2.50 bits per heavy atom. The Labute approximate surface area is 155 Å². The third-order valence-corrected chi connectivity index (χ3v) is 6.01. The van der Waals surface area contributed by atoms with Crippen LogP contribution in [0.4, 0.5) is 11.4 Å². The molecule has 8 nitrogen and oxygen atoms in total. The van der Waals surface area contributed by atoms with E-state index in [-0.39, 0.29) is 22.7 Å². The van der Waals surface area contributed by atoms with E-state index >= 15 is 0 Å². The summed E-state index contributed by atoms with van der Waals surface area (Å²) in [4.78, 5) is 13.2. The van der Waals surface area contributed by atoms with Crippen LogP contribution < -0.4 is 10.0 Å². The molecule has 9 heteroatoms. The standard InChI is InChI=1S/C17H28N4O4S/c1-4-9-20-10-7-14(8-11-20)18-16-6-5-15(12-17(16)21(22)23)26(24,25)19-13(2)3/h5-6,12-14,18-19H,4,7-11H2,1-3H3. The van der Waals surface area contributed by atoms with Crippen LogP contribution in [0.25, 0.3) is 0 Å². The van der Waals surface area contributed by atoms with Crippen LogP contribution in [0.3, 0.4) is 0 Å². The van der Waals surface area contributed by atoms with E-state index < -0.39 is 14.9 Å². The SMILES string of the molecule is CCCN1CCC(Nc2ccc(S(=O)(=O)NC(C)C)cc2[N+](=O)[O-])CC1. The van der Waals surface area contributed by atoms with Gasteiger partial charge in [-0.05, 0) is 51.8 Å². The first kappa shape index (κ1) is 20.6. The number of benzene rings is 1. The van der Waals surface area contributed by atoms with Crippen LogP contribution in [0, 0.1) is 10.1 Å². The molecule has 1 heterocycles. The Bertz CT molecular complexity index is 728. The van der Waals surface area contributed by atoms with Crippen molar-refractivity contribution in [2.24, 2.45) is 0 Å². The van der Waals surface area contributed by atoms with Crippen molar-refractivity contribution in [1.82, 2.24) is 9.62 Å². The van der Waals surface area contributed by atoms with E-state index in [0.717, 1.165) is 45.0 Å². The van der Waals surface area contributed by atoms with Gasteiger partial charge in [-0.3, -0.25) is 10.1 Å². The fourth-order valence-corrected chi connectivity index (χ4v) is 4.44. The molecular formula is C17H28N4O4S. The number of nitro groups is 1. The highest BCUT2D eigenvalue weighted by molar-refractivity contribution is 7.89. The topological polar surface area (TPSA) is 105 Å². The first-order valence-electron chi connectivity index (χ1n) is 9.02. The third kappa shape index (κ3) is 5.39. The molecule has 2 rings (SSSR count). The van der Waals surface area contributed by atoms with Gasteiger partial charge in [0.15, 0.2) is 0 Å². The highest BCUT2D eigenvalue weighted by atomic mass is 32.2. The normalized spacial score (nSPS) is 16.8. The van der Waals surface area contributed by atoms with Gasteiger partial charge in [0.25, 0.3) is 5.69 Å². The number of rotatable bonds is 8. The lowest BCUT2D eigenvalue weighted by atomic mass is 10.0. The second kappa shape index (κ2) is 8.79. The van der Waals surface area contributed by atoms with Crippen LogP contribution in [-0.4, -0.2) is 50.0 Å². The Morgan fingerprint density at radius 2 is 1.96 bits per heavy atom. The average molecular weight is 385 g/mol. The molecule has 0 aliphatic carbocycles. The van der Waals surface area contributed by atoms with Gasteiger partial charge in [-0.1, -0.05) is 6.92 Å². The second-order valence-electron chi connectivity index (χ2n) is 6.97. The smallest absolute Gasteiger partial charge is 0.293 e. The number of piperidine rings is 1. The van der Waals surface area contributed by atoms with Crippen molar-refractivity contribution in [3.8, 4) is 0 Å². The molecule has 1 saturated heterocycles. The summed E-state index contributed by atoms with van der Waals surface area (Å²) in [6.45, 7) is 8.55. The maximum atomic E-state index is 12.3. The average Bonchev–Trinajstić information content (AvgIpc) is 2.55. The molecule has 0 aromatic heterocycles. The molecule has 0 unspecified atom stereocenters. The number of nitrogens with zero attached hydrogens (tertiary/aromatic N) is 2. The Morgan fingerprint density at radius 1 is 1.31 bits per heavy atom. The van der Waals surface area contributed by atoms with Crippen LogP contribution in [0.1, 0.15) is 40.0 Å². The fourth-order valence-electron chi connectivity index (χ4n) is 3.17. The molecular weight excluding hydrogens is 356 g/mol. The molecule has 2 N–H and O–H groups in total. The summed E-state index contributed by atoms with van der Waals surface area (Å²) < 4.78 is 27.0. The molecule has 26 heavy (non-hydrogen) atoms. The summed E-state index contributed by atoms with van der Waals surface area (Å²) in [6, 6.07) is 3.89. The van der Waals surface area contributed by atoms with Gasteiger partial charge < -0.3 is 10.2 Å². The molecule has 1 aliphatic heterocycles. The van der Waals surface area contributed by atoms with Gasteiger partial charge in [0.1, 0.15) is 5.69 Å². The van der Waals surface area contributed by atoms with E-state index in [9.17, 15) is 18.5 Å². The predicted octanol–water partition coefficient (Wildman–Crippen LogP) is 2.57. The zero-order valence-electron chi connectivity index (χ0n) is 15.6. The van der Waals surface area contributed by atoms with Crippen molar-refractivity contribution in [3.63, 3.8) is 0 Å². The number of sulfonamides is 1. The van der Waals surface area contributed by atoms with E-state index in [1.807, 2.05) is 0 Å². The van der Waals surface area contributed by atoms with Gasteiger partial charge in [0.2, 0.25) is 10.0 Å². The monoisotopic (exact) mass is 384 g/mol.